The van der Waals surface area contributed by atoms with E-state index in [-0.39, 0.29) is 5.82 Å². The van der Waals surface area contributed by atoms with Gasteiger partial charge in [-0.25, -0.2) is 4.39 Å². The third-order valence-electron chi connectivity index (χ3n) is 4.56. The topological polar surface area (TPSA) is 20.2 Å². The molecule has 18 heavy (non-hydrogen) atoms. The molecule has 0 radical (unpaired) electrons. The molecular formula is C16H23FO. The molecule has 1 aromatic carbocycles. The van der Waals surface area contributed by atoms with Crippen molar-refractivity contribution in [2.75, 3.05) is 0 Å². The van der Waals surface area contributed by atoms with E-state index in [4.69, 9.17) is 0 Å². The van der Waals surface area contributed by atoms with E-state index in [1.165, 1.54) is 6.07 Å². The van der Waals surface area contributed by atoms with E-state index in [1.54, 1.807) is 6.07 Å². The lowest BCUT2D eigenvalue weighted by molar-refractivity contribution is -0.0280. The number of aliphatic hydroxyl groups is 1. The average Bonchev–Trinajstić information content (AvgIpc) is 2.28. The Hall–Kier alpha value is -0.890. The largest absolute Gasteiger partial charge is 0.390 e. The van der Waals surface area contributed by atoms with Gasteiger partial charge in [0.15, 0.2) is 0 Å². The zero-order valence-electron chi connectivity index (χ0n) is 11.5. The van der Waals surface area contributed by atoms with Crippen LogP contribution in [-0.4, -0.2) is 10.7 Å². The van der Waals surface area contributed by atoms with E-state index in [1.807, 2.05) is 13.0 Å². The van der Waals surface area contributed by atoms with Crippen LogP contribution in [0.5, 0.6) is 0 Å². The molecule has 1 aromatic rings. The molecule has 1 aliphatic rings. The molecule has 1 fully saturated rings. The molecule has 1 aliphatic carbocycles. The normalized spacial score (nSPS) is 32.5. The molecule has 2 heteroatoms. The summed E-state index contributed by atoms with van der Waals surface area (Å²) in [6, 6.07) is 4.85. The van der Waals surface area contributed by atoms with Crippen molar-refractivity contribution in [3.63, 3.8) is 0 Å². The van der Waals surface area contributed by atoms with Gasteiger partial charge < -0.3 is 5.11 Å². The molecule has 0 bridgehead atoms. The van der Waals surface area contributed by atoms with Gasteiger partial charge in [0.25, 0.3) is 0 Å². The van der Waals surface area contributed by atoms with Crippen molar-refractivity contribution in [3.05, 3.63) is 35.1 Å². The molecular weight excluding hydrogens is 227 g/mol. The van der Waals surface area contributed by atoms with Crippen LogP contribution in [0.1, 0.15) is 44.2 Å². The molecule has 0 spiro atoms. The van der Waals surface area contributed by atoms with Crippen LogP contribution in [0.3, 0.4) is 0 Å². The molecule has 0 aliphatic heterocycles. The highest BCUT2D eigenvalue weighted by atomic mass is 19.1. The minimum absolute atomic E-state index is 0.200. The maximum Gasteiger partial charge on any atom is 0.123 e. The third kappa shape index (κ3) is 2.92. The summed E-state index contributed by atoms with van der Waals surface area (Å²) in [5.74, 6) is 1.05. The lowest BCUT2D eigenvalue weighted by atomic mass is 9.71. The molecule has 1 nitrogen and oxygen atoms in total. The molecule has 0 amide bonds. The average molecular weight is 250 g/mol. The van der Waals surface area contributed by atoms with Crippen molar-refractivity contribution in [1.82, 2.24) is 0 Å². The summed E-state index contributed by atoms with van der Waals surface area (Å²) < 4.78 is 13.1. The molecule has 100 valence electrons. The van der Waals surface area contributed by atoms with Gasteiger partial charge in [-0.1, -0.05) is 19.9 Å². The zero-order chi connectivity index (χ0) is 13.3. The van der Waals surface area contributed by atoms with Crippen molar-refractivity contribution in [3.8, 4) is 0 Å². The smallest absolute Gasteiger partial charge is 0.123 e. The fourth-order valence-corrected chi connectivity index (χ4v) is 3.06. The SMILES string of the molecule is Cc1cc(F)ccc1CC1(O)CCC(C)C(C)C1. The van der Waals surface area contributed by atoms with E-state index in [2.05, 4.69) is 13.8 Å². The van der Waals surface area contributed by atoms with Gasteiger partial charge >= 0.3 is 0 Å². The van der Waals surface area contributed by atoms with Crippen molar-refractivity contribution in [1.29, 1.82) is 0 Å². The third-order valence-corrected chi connectivity index (χ3v) is 4.56. The molecule has 1 saturated carbocycles. The summed E-state index contributed by atoms with van der Waals surface area (Å²) in [7, 11) is 0. The van der Waals surface area contributed by atoms with E-state index in [0.29, 0.717) is 18.3 Å². The maximum absolute atomic E-state index is 13.1. The van der Waals surface area contributed by atoms with Gasteiger partial charge in [0, 0.05) is 6.42 Å². The summed E-state index contributed by atoms with van der Waals surface area (Å²) in [5.41, 5.74) is 1.41. The molecule has 0 heterocycles. The molecule has 3 unspecified atom stereocenters. The fraction of sp³-hybridized carbons (Fsp3) is 0.625. The highest BCUT2D eigenvalue weighted by Gasteiger charge is 2.36. The number of benzene rings is 1. The predicted octanol–water partition coefficient (Wildman–Crippen LogP) is 3.86. The Labute approximate surface area is 109 Å². The number of hydrogen-bond acceptors (Lipinski definition) is 1. The fourth-order valence-electron chi connectivity index (χ4n) is 3.06. The van der Waals surface area contributed by atoms with E-state index in [9.17, 15) is 9.50 Å². The van der Waals surface area contributed by atoms with Crippen molar-refractivity contribution < 1.29 is 9.50 Å². The molecule has 2 rings (SSSR count). The van der Waals surface area contributed by atoms with Gasteiger partial charge in [0.05, 0.1) is 5.60 Å². The van der Waals surface area contributed by atoms with Crippen LogP contribution < -0.4 is 0 Å². The van der Waals surface area contributed by atoms with Crippen molar-refractivity contribution in [2.24, 2.45) is 11.8 Å². The summed E-state index contributed by atoms with van der Waals surface area (Å²) in [5, 5.41) is 10.7. The van der Waals surface area contributed by atoms with E-state index >= 15 is 0 Å². The standard InChI is InChI=1S/C16H23FO/c1-11-6-7-16(18,9-13(11)3)10-14-4-5-15(17)8-12(14)2/h4-5,8,11,13,18H,6-7,9-10H2,1-3H3. The lowest BCUT2D eigenvalue weighted by Gasteiger charge is -2.39. The first kappa shape index (κ1) is 13.5. The van der Waals surface area contributed by atoms with Gasteiger partial charge in [-0.2, -0.15) is 0 Å². The molecule has 1 N–H and O–H groups in total. The highest BCUT2D eigenvalue weighted by Crippen LogP contribution is 2.38. The Bertz CT molecular complexity index is 429. The van der Waals surface area contributed by atoms with E-state index in [0.717, 1.165) is 30.4 Å². The van der Waals surface area contributed by atoms with Crippen LogP contribution >= 0.6 is 0 Å². The minimum atomic E-state index is -0.603. The van der Waals surface area contributed by atoms with Gasteiger partial charge in [0.1, 0.15) is 5.82 Å². The number of aryl methyl sites for hydroxylation is 1. The van der Waals surface area contributed by atoms with Crippen LogP contribution in [0.15, 0.2) is 18.2 Å². The highest BCUT2D eigenvalue weighted by molar-refractivity contribution is 5.28. The predicted molar refractivity (Wildman–Crippen MR) is 72.0 cm³/mol. The Morgan fingerprint density at radius 3 is 2.67 bits per heavy atom. The molecule has 3 atom stereocenters. The Kier molecular flexibility index (Phi) is 3.76. The van der Waals surface area contributed by atoms with Crippen molar-refractivity contribution in [2.45, 2.75) is 52.1 Å². The molecule has 0 aromatic heterocycles. The lowest BCUT2D eigenvalue weighted by Crippen LogP contribution is -2.39. The summed E-state index contributed by atoms with van der Waals surface area (Å²) in [6.07, 6.45) is 3.44. The monoisotopic (exact) mass is 250 g/mol. The van der Waals surface area contributed by atoms with Crippen molar-refractivity contribution >= 4 is 0 Å². The van der Waals surface area contributed by atoms with E-state index < -0.39 is 5.60 Å². The van der Waals surface area contributed by atoms with Crippen LogP contribution in [-0.2, 0) is 6.42 Å². The summed E-state index contributed by atoms with van der Waals surface area (Å²) in [4.78, 5) is 0. The van der Waals surface area contributed by atoms with Crippen LogP contribution in [0.4, 0.5) is 4.39 Å². The number of rotatable bonds is 2. The van der Waals surface area contributed by atoms with Gasteiger partial charge in [0.2, 0.25) is 0 Å². The molecule has 0 saturated heterocycles. The quantitative estimate of drug-likeness (QED) is 0.845. The zero-order valence-corrected chi connectivity index (χ0v) is 11.5. The first-order chi connectivity index (χ1) is 8.39. The second kappa shape index (κ2) is 5.00. The van der Waals surface area contributed by atoms with Crippen LogP contribution in [0.25, 0.3) is 0 Å². The number of halogens is 1. The Morgan fingerprint density at radius 2 is 2.06 bits per heavy atom. The second-order valence-corrected chi connectivity index (χ2v) is 6.17. The Morgan fingerprint density at radius 1 is 1.33 bits per heavy atom. The summed E-state index contributed by atoms with van der Waals surface area (Å²) in [6.45, 7) is 6.39. The first-order valence-electron chi connectivity index (χ1n) is 6.87. The first-order valence-corrected chi connectivity index (χ1v) is 6.87. The van der Waals surface area contributed by atoms with Gasteiger partial charge in [-0.3, -0.25) is 0 Å². The minimum Gasteiger partial charge on any atom is -0.390 e. The van der Waals surface area contributed by atoms with Gasteiger partial charge in [-0.05, 0) is 61.3 Å². The van der Waals surface area contributed by atoms with Crippen LogP contribution in [0, 0.1) is 24.6 Å². The van der Waals surface area contributed by atoms with Crippen LogP contribution in [0.2, 0.25) is 0 Å². The van der Waals surface area contributed by atoms with Gasteiger partial charge in [-0.15, -0.1) is 0 Å². The maximum atomic E-state index is 13.1. The Balaban J connectivity index is 2.13. The second-order valence-electron chi connectivity index (χ2n) is 6.17. The summed E-state index contributed by atoms with van der Waals surface area (Å²) >= 11 is 0. The number of hydrogen-bond donors (Lipinski definition) is 1.